The van der Waals surface area contributed by atoms with Crippen molar-refractivity contribution < 1.29 is 9.13 Å². The van der Waals surface area contributed by atoms with Crippen molar-refractivity contribution in [3.63, 3.8) is 0 Å². The Morgan fingerprint density at radius 1 is 1.12 bits per heavy atom. The van der Waals surface area contributed by atoms with E-state index in [0.717, 1.165) is 35.1 Å². The van der Waals surface area contributed by atoms with Crippen LogP contribution in [0.25, 0.3) is 21.8 Å². The van der Waals surface area contributed by atoms with E-state index in [0.29, 0.717) is 47.3 Å². The topological polar surface area (TPSA) is 72.2 Å². The molecule has 178 valence electrons. The van der Waals surface area contributed by atoms with Crippen molar-refractivity contribution in [3.05, 3.63) is 41.3 Å². The average molecular weight is 484 g/mol. The Hall–Kier alpha value is -2.88. The lowest BCUT2D eigenvalue weighted by atomic mass is 10.1. The molecule has 0 radical (unpaired) electrons. The molecule has 2 aromatic heterocycles. The van der Waals surface area contributed by atoms with Crippen molar-refractivity contribution in [2.75, 3.05) is 36.5 Å². The number of nitrogens with one attached hydrogen (secondary N) is 2. The smallest absolute Gasteiger partial charge is 0.161 e. The molecule has 2 atom stereocenters. The number of piperazine rings is 1. The molecular formula is C24H27ClFN7O. The van der Waals surface area contributed by atoms with E-state index in [1.807, 2.05) is 16.8 Å². The first kappa shape index (κ1) is 21.6. The molecule has 2 aliphatic rings. The second kappa shape index (κ2) is 8.11. The minimum absolute atomic E-state index is 0.141. The van der Waals surface area contributed by atoms with Gasteiger partial charge >= 0.3 is 0 Å². The number of aromatic nitrogens is 4. The maximum Gasteiger partial charge on any atom is 0.161 e. The summed E-state index contributed by atoms with van der Waals surface area (Å²) in [6.45, 7) is 7.41. The molecule has 2 aliphatic heterocycles. The molecule has 0 bridgehead atoms. The molecule has 34 heavy (non-hydrogen) atoms. The van der Waals surface area contributed by atoms with Gasteiger partial charge in [-0.2, -0.15) is 10.2 Å². The molecule has 2 aromatic carbocycles. The van der Waals surface area contributed by atoms with E-state index in [1.165, 1.54) is 6.07 Å². The van der Waals surface area contributed by atoms with Gasteiger partial charge in [-0.1, -0.05) is 11.6 Å². The van der Waals surface area contributed by atoms with Crippen LogP contribution >= 0.6 is 11.6 Å². The van der Waals surface area contributed by atoms with Gasteiger partial charge in [0, 0.05) is 55.2 Å². The first-order valence-corrected chi connectivity index (χ1v) is 11.9. The Morgan fingerprint density at radius 2 is 1.88 bits per heavy atom. The predicted molar refractivity (Wildman–Crippen MR) is 133 cm³/mol. The lowest BCUT2D eigenvalue weighted by Gasteiger charge is -2.38. The quantitative estimate of drug-likeness (QED) is 0.453. The molecule has 0 saturated carbocycles. The lowest BCUT2D eigenvalue weighted by Crippen LogP contribution is -2.54. The molecule has 0 spiro atoms. The summed E-state index contributed by atoms with van der Waals surface area (Å²) in [5, 5.41) is 18.1. The summed E-state index contributed by atoms with van der Waals surface area (Å²) < 4.78 is 23.7. The van der Waals surface area contributed by atoms with Crippen LogP contribution in [-0.2, 0) is 11.8 Å². The molecule has 2 saturated heterocycles. The zero-order chi connectivity index (χ0) is 23.6. The number of anilines is 3. The number of benzene rings is 2. The monoisotopic (exact) mass is 483 g/mol. The fourth-order valence-electron chi connectivity index (χ4n) is 5.08. The number of rotatable bonds is 4. The molecule has 0 aliphatic carbocycles. The van der Waals surface area contributed by atoms with Crippen molar-refractivity contribution in [3.8, 4) is 0 Å². The van der Waals surface area contributed by atoms with Crippen LogP contribution in [0, 0.1) is 5.82 Å². The predicted octanol–water partition coefficient (Wildman–Crippen LogP) is 4.22. The Morgan fingerprint density at radius 3 is 2.59 bits per heavy atom. The summed E-state index contributed by atoms with van der Waals surface area (Å²) in [5.74, 6) is 0.218. The molecule has 2 N–H and O–H groups in total. The first-order valence-electron chi connectivity index (χ1n) is 11.6. The zero-order valence-corrected chi connectivity index (χ0v) is 20.1. The molecule has 0 unspecified atom stereocenters. The van der Waals surface area contributed by atoms with Crippen LogP contribution < -0.4 is 15.5 Å². The Kier molecular flexibility index (Phi) is 5.16. The highest BCUT2D eigenvalue weighted by atomic mass is 35.5. The molecule has 4 aromatic rings. The first-order chi connectivity index (χ1) is 16.4. The summed E-state index contributed by atoms with van der Waals surface area (Å²) in [4.78, 5) is 2.37. The summed E-state index contributed by atoms with van der Waals surface area (Å²) in [6, 6.07) is 8.40. The third-order valence-corrected chi connectivity index (χ3v) is 6.87. The van der Waals surface area contributed by atoms with Gasteiger partial charge in [0.15, 0.2) is 11.6 Å². The van der Waals surface area contributed by atoms with Crippen LogP contribution in [0.1, 0.15) is 19.9 Å². The Bertz CT molecular complexity index is 1390. The van der Waals surface area contributed by atoms with E-state index in [-0.39, 0.29) is 11.9 Å². The minimum atomic E-state index is -0.382. The fraction of sp³-hybridized carbons (Fsp3) is 0.417. The molecular weight excluding hydrogens is 457 g/mol. The number of fused-ring (bicyclic) bond motifs is 2. The second-order valence-electron chi connectivity index (χ2n) is 9.50. The van der Waals surface area contributed by atoms with Crippen molar-refractivity contribution in [1.82, 2.24) is 24.9 Å². The highest BCUT2D eigenvalue weighted by molar-refractivity contribution is 6.37. The van der Waals surface area contributed by atoms with E-state index in [4.69, 9.17) is 21.4 Å². The number of hydrogen-bond acceptors (Lipinski definition) is 6. The van der Waals surface area contributed by atoms with Gasteiger partial charge in [-0.3, -0.25) is 9.36 Å². The largest absolute Gasteiger partial charge is 0.377 e. The summed E-state index contributed by atoms with van der Waals surface area (Å²) in [5.41, 5.74) is 2.96. The van der Waals surface area contributed by atoms with Gasteiger partial charge in [-0.05, 0) is 38.1 Å². The number of aryl methyl sites for hydroxylation is 1. The van der Waals surface area contributed by atoms with E-state index in [1.54, 1.807) is 17.9 Å². The van der Waals surface area contributed by atoms with Crippen LogP contribution in [0.5, 0.6) is 0 Å². The van der Waals surface area contributed by atoms with Crippen LogP contribution in [-0.4, -0.2) is 57.9 Å². The Labute approximate surface area is 201 Å². The number of halogens is 2. The number of nitrogens with zero attached hydrogens (tertiary/aromatic N) is 5. The average Bonchev–Trinajstić information content (AvgIpc) is 3.27. The van der Waals surface area contributed by atoms with Gasteiger partial charge in [0.25, 0.3) is 0 Å². The van der Waals surface area contributed by atoms with E-state index in [2.05, 4.69) is 40.5 Å². The van der Waals surface area contributed by atoms with E-state index >= 15 is 0 Å². The van der Waals surface area contributed by atoms with Crippen LogP contribution in [0.3, 0.4) is 0 Å². The summed E-state index contributed by atoms with van der Waals surface area (Å²) >= 11 is 6.88. The highest BCUT2D eigenvalue weighted by Gasteiger charge is 2.28. The molecule has 4 heterocycles. The van der Waals surface area contributed by atoms with Crippen molar-refractivity contribution in [1.29, 1.82) is 0 Å². The zero-order valence-electron chi connectivity index (χ0n) is 19.3. The highest BCUT2D eigenvalue weighted by Crippen LogP contribution is 2.39. The van der Waals surface area contributed by atoms with E-state index < -0.39 is 0 Å². The van der Waals surface area contributed by atoms with Crippen molar-refractivity contribution in [2.45, 2.75) is 32.0 Å². The van der Waals surface area contributed by atoms with Gasteiger partial charge < -0.3 is 20.3 Å². The molecule has 8 nitrogen and oxygen atoms in total. The lowest BCUT2D eigenvalue weighted by molar-refractivity contribution is -0.0265. The third kappa shape index (κ3) is 3.68. The Balaban J connectivity index is 1.44. The van der Waals surface area contributed by atoms with E-state index in [9.17, 15) is 4.39 Å². The van der Waals surface area contributed by atoms with Gasteiger partial charge in [0.05, 0.1) is 35.2 Å². The normalized spacial score (nSPS) is 21.4. The number of hydrogen-bond donors (Lipinski definition) is 2. The minimum Gasteiger partial charge on any atom is -0.377 e. The fourth-order valence-corrected chi connectivity index (χ4v) is 5.37. The molecule has 0 amide bonds. The van der Waals surface area contributed by atoms with Crippen molar-refractivity contribution >= 4 is 50.6 Å². The number of ether oxygens (including phenoxy) is 1. The van der Waals surface area contributed by atoms with Crippen LogP contribution in [0.2, 0.25) is 5.02 Å². The van der Waals surface area contributed by atoms with Crippen LogP contribution in [0.4, 0.5) is 21.6 Å². The standard InChI is InChI=1S/C24H27ClFN7O/c1-13-8-32(9-14(2)27-13)17-6-19(25)22-21(7-17)33(18-11-34-12-18)30-24(22)28-16-4-15-10-31(3)29-23(15)20(26)5-16/h4-7,10,13-14,18,27H,8-9,11-12H2,1-3H3,(H,28,30)/t13-,14-/m0/s1. The van der Waals surface area contributed by atoms with Gasteiger partial charge in [0.1, 0.15) is 5.52 Å². The maximum absolute atomic E-state index is 14.7. The third-order valence-electron chi connectivity index (χ3n) is 6.57. The van der Waals surface area contributed by atoms with Gasteiger partial charge in [-0.25, -0.2) is 4.39 Å². The van der Waals surface area contributed by atoms with Crippen LogP contribution in [0.15, 0.2) is 30.5 Å². The molecule has 2 fully saturated rings. The van der Waals surface area contributed by atoms with Gasteiger partial charge in [0.2, 0.25) is 0 Å². The summed E-state index contributed by atoms with van der Waals surface area (Å²) in [6.07, 6.45) is 1.79. The SMILES string of the molecule is C[C@H]1CN(c2cc(Cl)c3c(Nc4cc(F)c5nn(C)cc5c4)nn(C4COC4)c3c2)C[C@H](C)N1. The van der Waals surface area contributed by atoms with Gasteiger partial charge in [-0.15, -0.1) is 0 Å². The maximum atomic E-state index is 14.7. The molecule has 6 rings (SSSR count). The van der Waals surface area contributed by atoms with Crippen molar-refractivity contribution in [2.24, 2.45) is 7.05 Å². The second-order valence-corrected chi connectivity index (χ2v) is 9.91. The molecule has 10 heteroatoms. The summed E-state index contributed by atoms with van der Waals surface area (Å²) in [7, 11) is 1.78.